The number of fused-ring (bicyclic) bond motifs is 3. The first-order valence-corrected chi connectivity index (χ1v) is 19.6. The molecule has 2 heterocycles. The second kappa shape index (κ2) is 12.4. The number of para-hydroxylation sites is 1. The van der Waals surface area contributed by atoms with Crippen LogP contribution in [0.15, 0.2) is 156 Å². The van der Waals surface area contributed by atoms with E-state index >= 15 is 0 Å². The van der Waals surface area contributed by atoms with Crippen molar-refractivity contribution >= 4 is 21.9 Å². The summed E-state index contributed by atoms with van der Waals surface area (Å²) in [6.45, 7) is 0. The molecule has 0 amide bonds. The van der Waals surface area contributed by atoms with Gasteiger partial charge in [-0.3, -0.25) is 0 Å². The first-order chi connectivity index (χ1) is 27.0. The lowest BCUT2D eigenvalue weighted by Gasteiger charge is -2.63. The number of rotatable bonds is 6. The molecule has 4 aliphatic carbocycles. The van der Waals surface area contributed by atoms with Crippen molar-refractivity contribution in [3.05, 3.63) is 168 Å². The number of furan rings is 1. The van der Waals surface area contributed by atoms with E-state index in [0.29, 0.717) is 5.56 Å². The van der Waals surface area contributed by atoms with Gasteiger partial charge in [0.2, 0.25) is 0 Å². The Morgan fingerprint density at radius 2 is 1.13 bits per heavy atom. The van der Waals surface area contributed by atoms with E-state index in [0.717, 1.165) is 73.2 Å². The third-order valence-electron chi connectivity index (χ3n) is 13.1. The molecule has 0 radical (unpaired) electrons. The van der Waals surface area contributed by atoms with Crippen LogP contribution in [0.1, 0.15) is 55.2 Å². The highest BCUT2D eigenvalue weighted by atomic mass is 16.3. The minimum Gasteiger partial charge on any atom is -0.456 e. The molecule has 8 aromatic rings. The van der Waals surface area contributed by atoms with Gasteiger partial charge in [0.25, 0.3) is 0 Å². The minimum atomic E-state index is 0.185. The number of hydrogen-bond acceptors (Lipinski definition) is 4. The monoisotopic (exact) mass is 709 g/mol. The Morgan fingerprint density at radius 3 is 1.80 bits per heavy atom. The standard InChI is InChI=1S/C51H39N3O/c52-31-33-13-15-36(16-14-33)37-17-21-40(22-18-37)50-27-34-25-35(28-50)30-51(29-34,32-50)41-23-19-39(20-24-41)49-53-44(38-7-2-1-3-8-38)26-45(54-49)42-10-6-12-47-48(42)43-9-4-5-11-46(43)55-47/h1-24,26,34-35H,25,27-30,32H2. The Labute approximate surface area is 321 Å². The Kier molecular flexibility index (Phi) is 7.23. The zero-order valence-electron chi connectivity index (χ0n) is 30.6. The fourth-order valence-electron chi connectivity index (χ4n) is 11.1. The van der Waals surface area contributed by atoms with Crippen LogP contribution in [-0.2, 0) is 10.8 Å². The van der Waals surface area contributed by atoms with Gasteiger partial charge in [-0.15, -0.1) is 0 Å². The molecule has 0 spiro atoms. The molecule has 4 nitrogen and oxygen atoms in total. The van der Waals surface area contributed by atoms with Crippen LogP contribution in [0.3, 0.4) is 0 Å². The largest absolute Gasteiger partial charge is 0.456 e. The van der Waals surface area contributed by atoms with Gasteiger partial charge >= 0.3 is 0 Å². The molecule has 4 bridgehead atoms. The highest BCUT2D eigenvalue weighted by molar-refractivity contribution is 6.12. The van der Waals surface area contributed by atoms with E-state index in [-0.39, 0.29) is 10.8 Å². The maximum Gasteiger partial charge on any atom is 0.160 e. The van der Waals surface area contributed by atoms with E-state index in [1.54, 1.807) is 0 Å². The first-order valence-electron chi connectivity index (χ1n) is 19.6. The van der Waals surface area contributed by atoms with Gasteiger partial charge in [-0.05, 0) is 114 Å². The topological polar surface area (TPSA) is 62.7 Å². The van der Waals surface area contributed by atoms with Gasteiger partial charge in [-0.1, -0.05) is 121 Å². The van der Waals surface area contributed by atoms with Crippen LogP contribution >= 0.6 is 0 Å². The molecule has 4 aliphatic rings. The van der Waals surface area contributed by atoms with Gasteiger partial charge in [0.1, 0.15) is 11.2 Å². The Morgan fingerprint density at radius 1 is 0.545 bits per heavy atom. The highest BCUT2D eigenvalue weighted by Crippen LogP contribution is 2.66. The average Bonchev–Trinajstić information content (AvgIpc) is 3.63. The minimum absolute atomic E-state index is 0.185. The van der Waals surface area contributed by atoms with Crippen molar-refractivity contribution in [3.8, 4) is 51.1 Å². The molecular formula is C51H39N3O. The molecule has 0 saturated heterocycles. The van der Waals surface area contributed by atoms with E-state index < -0.39 is 0 Å². The summed E-state index contributed by atoms with van der Waals surface area (Å²) in [6, 6.07) is 55.9. The first kappa shape index (κ1) is 32.1. The number of nitrogens with zero attached hydrogens (tertiary/aromatic N) is 3. The summed E-state index contributed by atoms with van der Waals surface area (Å²) >= 11 is 0. The van der Waals surface area contributed by atoms with Crippen molar-refractivity contribution in [3.63, 3.8) is 0 Å². The van der Waals surface area contributed by atoms with Crippen LogP contribution in [0, 0.1) is 23.2 Å². The lowest BCUT2D eigenvalue weighted by molar-refractivity contribution is -0.0281. The lowest BCUT2D eigenvalue weighted by Crippen LogP contribution is -2.55. The summed E-state index contributed by atoms with van der Waals surface area (Å²) in [5, 5.41) is 11.4. The van der Waals surface area contributed by atoms with Crippen LogP contribution in [0.2, 0.25) is 0 Å². The van der Waals surface area contributed by atoms with Gasteiger partial charge in [0.15, 0.2) is 5.82 Å². The smallest absolute Gasteiger partial charge is 0.160 e. The molecule has 12 rings (SSSR count). The molecule has 264 valence electrons. The fourth-order valence-corrected chi connectivity index (χ4v) is 11.1. The molecule has 4 heteroatoms. The van der Waals surface area contributed by atoms with Gasteiger partial charge in [-0.25, -0.2) is 9.97 Å². The molecule has 0 N–H and O–H groups in total. The van der Waals surface area contributed by atoms with Crippen LogP contribution in [-0.4, -0.2) is 9.97 Å². The van der Waals surface area contributed by atoms with Crippen molar-refractivity contribution in [2.75, 3.05) is 0 Å². The Hall–Kier alpha value is -6.31. The zero-order valence-corrected chi connectivity index (χ0v) is 30.6. The summed E-state index contributed by atoms with van der Waals surface area (Å²) in [5.41, 5.74) is 13.1. The number of aromatic nitrogens is 2. The van der Waals surface area contributed by atoms with Crippen molar-refractivity contribution in [1.29, 1.82) is 5.26 Å². The van der Waals surface area contributed by atoms with Crippen LogP contribution in [0.4, 0.5) is 0 Å². The second-order valence-corrected chi connectivity index (χ2v) is 16.5. The van der Waals surface area contributed by atoms with Crippen molar-refractivity contribution in [2.24, 2.45) is 11.8 Å². The van der Waals surface area contributed by atoms with Gasteiger partial charge in [0.05, 0.1) is 23.0 Å². The van der Waals surface area contributed by atoms with Crippen molar-refractivity contribution < 1.29 is 4.42 Å². The number of hydrogen-bond donors (Lipinski definition) is 0. The zero-order chi connectivity index (χ0) is 36.6. The average molecular weight is 710 g/mol. The van der Waals surface area contributed by atoms with Crippen LogP contribution in [0.25, 0.3) is 67.0 Å². The van der Waals surface area contributed by atoms with Gasteiger partial charge in [-0.2, -0.15) is 5.26 Å². The third-order valence-corrected chi connectivity index (χ3v) is 13.1. The maximum atomic E-state index is 9.25. The van der Waals surface area contributed by atoms with Crippen molar-refractivity contribution in [2.45, 2.75) is 49.4 Å². The Balaban J connectivity index is 0.953. The van der Waals surface area contributed by atoms with Gasteiger partial charge in [0, 0.05) is 27.5 Å². The highest BCUT2D eigenvalue weighted by Gasteiger charge is 2.58. The summed E-state index contributed by atoms with van der Waals surface area (Å²) < 4.78 is 6.27. The quantitative estimate of drug-likeness (QED) is 0.172. The Bertz CT molecular complexity index is 2760. The molecule has 0 aliphatic heterocycles. The molecule has 55 heavy (non-hydrogen) atoms. The SMILES string of the molecule is N#Cc1ccc(-c2ccc(C34CC5CC(C3)CC(c3ccc(-c6nc(-c7ccccc7)cc(-c7cccc8oc9ccccc9c78)n6)cc3)(C5)C4)cc2)cc1. The predicted molar refractivity (Wildman–Crippen MR) is 220 cm³/mol. The van der Waals surface area contributed by atoms with E-state index in [4.69, 9.17) is 14.4 Å². The fraction of sp³-hybridized carbons (Fsp3) is 0.196. The van der Waals surface area contributed by atoms with E-state index in [9.17, 15) is 5.26 Å². The summed E-state index contributed by atoms with van der Waals surface area (Å²) in [5.74, 6) is 2.25. The summed E-state index contributed by atoms with van der Waals surface area (Å²) in [6.07, 6.45) is 7.71. The summed E-state index contributed by atoms with van der Waals surface area (Å²) in [7, 11) is 0. The normalized spacial score (nSPS) is 22.6. The van der Waals surface area contributed by atoms with Crippen LogP contribution < -0.4 is 0 Å². The number of benzene rings is 6. The molecule has 2 unspecified atom stereocenters. The number of nitriles is 1. The second-order valence-electron chi connectivity index (χ2n) is 16.5. The molecule has 2 aromatic heterocycles. The maximum absolute atomic E-state index is 9.25. The molecule has 4 fully saturated rings. The predicted octanol–water partition coefficient (Wildman–Crippen LogP) is 12.7. The lowest BCUT2D eigenvalue weighted by atomic mass is 9.41. The van der Waals surface area contributed by atoms with E-state index in [2.05, 4.69) is 121 Å². The molecule has 2 atom stereocenters. The van der Waals surface area contributed by atoms with Crippen molar-refractivity contribution in [1.82, 2.24) is 9.97 Å². The van der Waals surface area contributed by atoms with Gasteiger partial charge < -0.3 is 4.42 Å². The molecular weight excluding hydrogens is 671 g/mol. The van der Waals surface area contributed by atoms with Crippen LogP contribution in [0.5, 0.6) is 0 Å². The van der Waals surface area contributed by atoms with E-state index in [1.807, 2.05) is 36.4 Å². The summed E-state index contributed by atoms with van der Waals surface area (Å²) in [4.78, 5) is 10.5. The molecule has 4 saturated carbocycles. The third kappa shape index (κ3) is 5.33. The molecule has 6 aromatic carbocycles. The van der Waals surface area contributed by atoms with E-state index in [1.165, 1.54) is 55.2 Å².